The zero-order valence-electron chi connectivity index (χ0n) is 32.1. The minimum absolute atomic E-state index is 0.159. The molecule has 12 nitrogen and oxygen atoms in total. The Kier molecular flexibility index (Phi) is 11.3. The van der Waals surface area contributed by atoms with Gasteiger partial charge in [-0.05, 0) is 72.2 Å². The quantitative estimate of drug-likeness (QED) is 0.126. The van der Waals surface area contributed by atoms with E-state index in [9.17, 15) is 14.4 Å². The number of ether oxygens (including phenoxy) is 2. The Bertz CT molecular complexity index is 2420. The van der Waals surface area contributed by atoms with Gasteiger partial charge in [-0.3, -0.25) is 9.69 Å². The second kappa shape index (κ2) is 17.3. The first-order valence-corrected chi connectivity index (χ1v) is 19.4. The highest BCUT2D eigenvalue weighted by Gasteiger charge is 2.37. The molecule has 0 radical (unpaired) electrons. The minimum atomic E-state index is -0.876. The number of rotatable bonds is 9. The van der Waals surface area contributed by atoms with E-state index in [2.05, 4.69) is 37.1 Å². The average Bonchev–Trinajstić information content (AvgIpc) is 4.12. The van der Waals surface area contributed by atoms with Crippen LogP contribution in [-0.2, 0) is 20.9 Å². The molecule has 0 aliphatic carbocycles. The van der Waals surface area contributed by atoms with Crippen molar-refractivity contribution >= 4 is 18.1 Å². The van der Waals surface area contributed by atoms with Crippen LogP contribution < -0.4 is 5.32 Å². The van der Waals surface area contributed by atoms with E-state index in [1.54, 1.807) is 16.0 Å². The van der Waals surface area contributed by atoms with Gasteiger partial charge in [0.15, 0.2) is 0 Å². The van der Waals surface area contributed by atoms with Crippen LogP contribution in [0.3, 0.4) is 0 Å². The van der Waals surface area contributed by atoms with Gasteiger partial charge in [-0.15, -0.1) is 0 Å². The number of alkyl carbamates (subject to hydrolysis) is 1. The maximum atomic E-state index is 13.8. The van der Waals surface area contributed by atoms with Crippen LogP contribution in [0, 0.1) is 11.8 Å². The Balaban J connectivity index is 0.883. The molecule has 2 fully saturated rings. The number of amides is 3. The van der Waals surface area contributed by atoms with E-state index in [1.807, 2.05) is 115 Å². The molecule has 292 valence electrons. The summed E-state index contributed by atoms with van der Waals surface area (Å²) >= 11 is 0. The SMILES string of the molecule is COC(=O)NC(C(=O)N1CCCC1c1ncc(-c2ccc(C#Cc3ccc(-c4cnc(C5CCCN5C(=O)OCc5ccccc5)[nH]4)cc3)cc2)[nH]1)c1ccccc1. The third-order valence-corrected chi connectivity index (χ3v) is 10.6. The molecule has 3 amide bonds. The van der Waals surface area contributed by atoms with Crippen LogP contribution in [-0.4, -0.2) is 68.0 Å². The van der Waals surface area contributed by atoms with Crippen LogP contribution in [0.1, 0.15) is 77.7 Å². The lowest BCUT2D eigenvalue weighted by Crippen LogP contribution is -2.42. The second-order valence-electron chi connectivity index (χ2n) is 14.3. The number of likely N-dealkylation sites (tertiary alicyclic amines) is 2. The molecule has 3 atom stereocenters. The fourth-order valence-corrected chi connectivity index (χ4v) is 7.58. The van der Waals surface area contributed by atoms with Crippen molar-refractivity contribution in [3.63, 3.8) is 0 Å². The number of nitrogens with one attached hydrogen (secondary N) is 3. The number of benzene rings is 4. The summed E-state index contributed by atoms with van der Waals surface area (Å²) in [6.45, 7) is 1.43. The number of hydrogen-bond acceptors (Lipinski definition) is 7. The highest BCUT2D eigenvalue weighted by Crippen LogP contribution is 2.35. The molecule has 2 saturated heterocycles. The van der Waals surface area contributed by atoms with Crippen molar-refractivity contribution in [1.29, 1.82) is 0 Å². The van der Waals surface area contributed by atoms with E-state index in [0.29, 0.717) is 24.5 Å². The van der Waals surface area contributed by atoms with Crippen molar-refractivity contribution in [3.05, 3.63) is 155 Å². The number of methoxy groups -OCH3 is 1. The fraction of sp³-hybridized carbons (Fsp3) is 0.239. The molecule has 4 heterocycles. The minimum Gasteiger partial charge on any atom is -0.453 e. The van der Waals surface area contributed by atoms with E-state index in [0.717, 1.165) is 70.7 Å². The highest BCUT2D eigenvalue weighted by molar-refractivity contribution is 5.87. The Hall–Kier alpha value is -7.13. The molecule has 12 heteroatoms. The van der Waals surface area contributed by atoms with Crippen LogP contribution in [0.2, 0.25) is 0 Å². The molecule has 2 aromatic heterocycles. The van der Waals surface area contributed by atoms with Gasteiger partial charge in [0.05, 0.1) is 43.0 Å². The first-order valence-electron chi connectivity index (χ1n) is 19.4. The van der Waals surface area contributed by atoms with Gasteiger partial charge < -0.3 is 29.7 Å². The Morgan fingerprint density at radius 1 is 0.724 bits per heavy atom. The number of imidazole rings is 2. The van der Waals surface area contributed by atoms with Crippen molar-refractivity contribution in [2.75, 3.05) is 20.2 Å². The molecular formula is C46H43N7O5. The predicted molar refractivity (Wildman–Crippen MR) is 218 cm³/mol. The second-order valence-corrected chi connectivity index (χ2v) is 14.3. The molecule has 6 aromatic rings. The van der Waals surface area contributed by atoms with Crippen molar-refractivity contribution in [1.82, 2.24) is 35.1 Å². The van der Waals surface area contributed by atoms with E-state index < -0.39 is 12.1 Å². The molecule has 2 aliphatic rings. The maximum Gasteiger partial charge on any atom is 0.410 e. The van der Waals surface area contributed by atoms with Crippen LogP contribution >= 0.6 is 0 Å². The molecule has 8 rings (SSSR count). The lowest BCUT2D eigenvalue weighted by Gasteiger charge is -2.28. The van der Waals surface area contributed by atoms with Gasteiger partial charge in [0.2, 0.25) is 0 Å². The highest BCUT2D eigenvalue weighted by atomic mass is 16.6. The monoisotopic (exact) mass is 773 g/mol. The molecule has 2 aliphatic heterocycles. The summed E-state index contributed by atoms with van der Waals surface area (Å²) in [4.78, 5) is 58.7. The standard InChI is InChI=1S/C46H43N7O5/c1-57-45(55)51-41(36-12-6-3-7-13-36)44(54)52-26-8-14-39(52)42-47-28-37(49-42)34-22-18-31(19-23-34)16-17-32-20-24-35(25-21-32)38-29-48-43(50-38)40-15-9-27-53(40)46(56)58-30-33-10-4-2-5-11-33/h2-7,10-13,18-25,28-29,39-41H,8-9,14-15,26-27,30H2,1H3,(H,47,49)(H,48,50)(H,51,55). The molecule has 4 aromatic carbocycles. The van der Waals surface area contributed by atoms with Gasteiger partial charge in [0.1, 0.15) is 24.3 Å². The van der Waals surface area contributed by atoms with Gasteiger partial charge in [0, 0.05) is 24.2 Å². The van der Waals surface area contributed by atoms with E-state index in [4.69, 9.17) is 9.47 Å². The van der Waals surface area contributed by atoms with Gasteiger partial charge in [-0.2, -0.15) is 0 Å². The molecule has 3 unspecified atom stereocenters. The van der Waals surface area contributed by atoms with Crippen molar-refractivity contribution < 1.29 is 23.9 Å². The summed E-state index contributed by atoms with van der Waals surface area (Å²) in [6, 6.07) is 33.5. The van der Waals surface area contributed by atoms with Crippen molar-refractivity contribution in [2.24, 2.45) is 0 Å². The average molecular weight is 774 g/mol. The van der Waals surface area contributed by atoms with Gasteiger partial charge in [-0.25, -0.2) is 19.6 Å². The summed E-state index contributed by atoms with van der Waals surface area (Å²) < 4.78 is 10.4. The van der Waals surface area contributed by atoms with Crippen LogP contribution in [0.25, 0.3) is 22.5 Å². The summed E-state index contributed by atoms with van der Waals surface area (Å²) in [6.07, 6.45) is 5.88. The first-order chi connectivity index (χ1) is 28.4. The first kappa shape index (κ1) is 37.8. The van der Waals surface area contributed by atoms with E-state index >= 15 is 0 Å². The maximum absolute atomic E-state index is 13.8. The normalized spacial score (nSPS) is 16.6. The summed E-state index contributed by atoms with van der Waals surface area (Å²) in [7, 11) is 1.28. The van der Waals surface area contributed by atoms with Crippen LogP contribution in [0.15, 0.2) is 122 Å². The number of hydrogen-bond donors (Lipinski definition) is 3. The van der Waals surface area contributed by atoms with Crippen LogP contribution in [0.5, 0.6) is 0 Å². The van der Waals surface area contributed by atoms with Gasteiger partial charge >= 0.3 is 12.2 Å². The molecule has 3 N–H and O–H groups in total. The molecule has 58 heavy (non-hydrogen) atoms. The Morgan fingerprint density at radius 2 is 1.24 bits per heavy atom. The number of aromatic nitrogens is 4. The largest absolute Gasteiger partial charge is 0.453 e. The van der Waals surface area contributed by atoms with E-state index in [-0.39, 0.29) is 30.7 Å². The number of H-pyrrole nitrogens is 2. The zero-order valence-corrected chi connectivity index (χ0v) is 32.1. The lowest BCUT2D eigenvalue weighted by molar-refractivity contribution is -0.134. The third kappa shape index (κ3) is 8.49. The summed E-state index contributed by atoms with van der Waals surface area (Å²) in [5.41, 5.74) is 7.01. The predicted octanol–water partition coefficient (Wildman–Crippen LogP) is 8.10. The number of aromatic amines is 2. The molecule has 0 bridgehead atoms. The molecular weight excluding hydrogens is 731 g/mol. The third-order valence-electron chi connectivity index (χ3n) is 10.6. The summed E-state index contributed by atoms with van der Waals surface area (Å²) in [5, 5.41) is 2.71. The van der Waals surface area contributed by atoms with Crippen molar-refractivity contribution in [2.45, 2.75) is 50.4 Å². The molecule has 0 spiro atoms. The van der Waals surface area contributed by atoms with Gasteiger partial charge in [0.25, 0.3) is 5.91 Å². The van der Waals surface area contributed by atoms with Crippen LogP contribution in [0.4, 0.5) is 9.59 Å². The fourth-order valence-electron chi connectivity index (χ4n) is 7.58. The number of carbonyl (C=O) groups excluding carboxylic acids is 3. The summed E-state index contributed by atoms with van der Waals surface area (Å²) in [5.74, 6) is 7.75. The Labute approximate surface area is 336 Å². The smallest absolute Gasteiger partial charge is 0.410 e. The zero-order chi connectivity index (χ0) is 39.8. The van der Waals surface area contributed by atoms with Crippen molar-refractivity contribution in [3.8, 4) is 34.4 Å². The lowest BCUT2D eigenvalue weighted by atomic mass is 10.1. The Morgan fingerprint density at radius 3 is 1.79 bits per heavy atom. The topological polar surface area (TPSA) is 146 Å². The van der Waals surface area contributed by atoms with Gasteiger partial charge in [-0.1, -0.05) is 96.8 Å². The number of carbonyl (C=O) groups is 3. The number of nitrogens with zero attached hydrogens (tertiary/aromatic N) is 4. The molecule has 0 saturated carbocycles. The van der Waals surface area contributed by atoms with E-state index in [1.165, 1.54) is 7.11 Å².